The Hall–Kier alpha value is -2.86. The number of phenolic OH excluding ortho intramolecular Hbond substituents is 1. The van der Waals surface area contributed by atoms with Gasteiger partial charge in [-0.05, 0) is 42.9 Å². The molecular formula is C30H35NO5. The first-order valence-corrected chi connectivity index (χ1v) is 13.1. The molecule has 2 fully saturated rings. The van der Waals surface area contributed by atoms with E-state index in [4.69, 9.17) is 9.47 Å². The number of phenols is 1. The third-order valence-electron chi connectivity index (χ3n) is 10.3. The Kier molecular flexibility index (Phi) is 4.95. The molecule has 0 bridgehead atoms. The molecule has 0 saturated heterocycles. The summed E-state index contributed by atoms with van der Waals surface area (Å²) in [6.45, 7) is 8.73. The number of hydrogen-bond donors (Lipinski definition) is 2. The minimum atomic E-state index is -0.611. The molecule has 1 amide bonds. The minimum Gasteiger partial charge on any atom is -0.508 e. The molecule has 6 atom stereocenters. The van der Waals surface area contributed by atoms with Crippen molar-refractivity contribution in [3.05, 3.63) is 58.7 Å². The highest BCUT2D eigenvalue weighted by Gasteiger charge is 2.70. The van der Waals surface area contributed by atoms with Gasteiger partial charge in [-0.2, -0.15) is 0 Å². The smallest absolute Gasteiger partial charge is 0.252 e. The van der Waals surface area contributed by atoms with E-state index in [0.29, 0.717) is 23.5 Å². The van der Waals surface area contributed by atoms with E-state index < -0.39 is 23.2 Å². The first kappa shape index (κ1) is 23.5. The first-order chi connectivity index (χ1) is 17.0. The molecule has 1 spiro atoms. The normalized spacial score (nSPS) is 36.1. The van der Waals surface area contributed by atoms with Crippen molar-refractivity contribution in [1.82, 2.24) is 5.32 Å². The number of hydrogen-bond acceptors (Lipinski definition) is 5. The lowest BCUT2D eigenvalue weighted by molar-refractivity contribution is -0.226. The Morgan fingerprint density at radius 1 is 1.08 bits per heavy atom. The largest absolute Gasteiger partial charge is 0.508 e. The number of amides is 1. The molecular weight excluding hydrogens is 454 g/mol. The molecule has 2 aromatic rings. The van der Waals surface area contributed by atoms with Crippen LogP contribution in [0.25, 0.3) is 0 Å². The van der Waals surface area contributed by atoms with Gasteiger partial charge in [-0.15, -0.1) is 0 Å². The molecule has 6 heteroatoms. The lowest BCUT2D eigenvalue weighted by atomic mass is 9.43. The lowest BCUT2D eigenvalue weighted by Gasteiger charge is -2.66. The number of rotatable bonds is 2. The first-order valence-electron chi connectivity index (χ1n) is 13.1. The molecule has 0 radical (unpaired) electrons. The van der Waals surface area contributed by atoms with Crippen molar-refractivity contribution in [2.75, 3.05) is 7.11 Å². The molecule has 190 valence electrons. The molecule has 0 aromatic heterocycles. The zero-order valence-electron chi connectivity index (χ0n) is 21.7. The van der Waals surface area contributed by atoms with Crippen LogP contribution in [0.3, 0.4) is 0 Å². The highest BCUT2D eigenvalue weighted by molar-refractivity contribution is 6.01. The van der Waals surface area contributed by atoms with E-state index >= 15 is 0 Å². The number of ether oxygens (including phenoxy) is 2. The summed E-state index contributed by atoms with van der Waals surface area (Å²) in [5.74, 6) is 1.27. The molecule has 2 aliphatic carbocycles. The fourth-order valence-electron chi connectivity index (χ4n) is 8.01. The molecule has 6 rings (SSSR count). The van der Waals surface area contributed by atoms with Crippen LogP contribution < -0.4 is 10.1 Å². The van der Waals surface area contributed by atoms with E-state index in [1.54, 1.807) is 19.2 Å². The van der Waals surface area contributed by atoms with Crippen molar-refractivity contribution >= 4 is 11.7 Å². The van der Waals surface area contributed by atoms with Crippen molar-refractivity contribution in [3.8, 4) is 11.5 Å². The van der Waals surface area contributed by atoms with Crippen LogP contribution >= 0.6 is 0 Å². The Bertz CT molecular complexity index is 1280. The highest BCUT2D eigenvalue weighted by atomic mass is 16.5. The molecule has 4 aliphatic rings. The van der Waals surface area contributed by atoms with Crippen LogP contribution in [0.4, 0.5) is 0 Å². The number of para-hydroxylation sites is 1. The van der Waals surface area contributed by atoms with Gasteiger partial charge in [0.2, 0.25) is 0 Å². The third kappa shape index (κ3) is 2.82. The van der Waals surface area contributed by atoms with E-state index in [9.17, 15) is 14.7 Å². The van der Waals surface area contributed by atoms with Crippen LogP contribution in [0.1, 0.15) is 80.0 Å². The number of ketones is 1. The SMILES string of the molecule is COC1C[C@@]23Oc4c(ccc5c4C(c4ccccc4O)NC5=O)C[C@]2(C)[C@@H](C)CC[C@H]3C(C)(C)C1=O. The van der Waals surface area contributed by atoms with Crippen LogP contribution in [0.15, 0.2) is 36.4 Å². The summed E-state index contributed by atoms with van der Waals surface area (Å²) in [6, 6.07) is 10.5. The molecule has 6 nitrogen and oxygen atoms in total. The summed E-state index contributed by atoms with van der Waals surface area (Å²) < 4.78 is 13.1. The maximum absolute atomic E-state index is 13.5. The molecule has 2 heterocycles. The van der Waals surface area contributed by atoms with Gasteiger partial charge in [0.25, 0.3) is 5.91 Å². The molecule has 2 unspecified atom stereocenters. The van der Waals surface area contributed by atoms with E-state index in [2.05, 4.69) is 19.2 Å². The number of carbonyl (C=O) groups excluding carboxylic acids is 2. The van der Waals surface area contributed by atoms with Crippen molar-refractivity contribution in [2.24, 2.45) is 22.7 Å². The van der Waals surface area contributed by atoms with Crippen molar-refractivity contribution in [2.45, 2.75) is 71.1 Å². The van der Waals surface area contributed by atoms with Gasteiger partial charge in [0.1, 0.15) is 23.2 Å². The predicted octanol–water partition coefficient (Wildman–Crippen LogP) is 4.97. The molecule has 2 aliphatic heterocycles. The second-order valence-corrected chi connectivity index (χ2v) is 12.1. The second-order valence-electron chi connectivity index (χ2n) is 12.1. The Morgan fingerprint density at radius 3 is 2.56 bits per heavy atom. The summed E-state index contributed by atoms with van der Waals surface area (Å²) in [5, 5.41) is 13.7. The number of carbonyl (C=O) groups is 2. The number of nitrogens with one attached hydrogen (secondary N) is 1. The van der Waals surface area contributed by atoms with Crippen LogP contribution in [-0.2, 0) is 16.0 Å². The van der Waals surface area contributed by atoms with Gasteiger partial charge >= 0.3 is 0 Å². The number of benzene rings is 2. The fourth-order valence-corrected chi connectivity index (χ4v) is 8.01. The van der Waals surface area contributed by atoms with Gasteiger partial charge in [-0.1, -0.05) is 52.0 Å². The van der Waals surface area contributed by atoms with Crippen LogP contribution in [0.5, 0.6) is 11.5 Å². The van der Waals surface area contributed by atoms with Crippen molar-refractivity contribution < 1.29 is 24.2 Å². The topological polar surface area (TPSA) is 84.9 Å². The molecule has 2 saturated carbocycles. The summed E-state index contributed by atoms with van der Waals surface area (Å²) >= 11 is 0. The van der Waals surface area contributed by atoms with Gasteiger partial charge in [0.05, 0.1) is 6.04 Å². The van der Waals surface area contributed by atoms with Crippen LogP contribution in [0, 0.1) is 22.7 Å². The van der Waals surface area contributed by atoms with Gasteiger partial charge < -0.3 is 19.9 Å². The Balaban J connectivity index is 1.58. The van der Waals surface area contributed by atoms with Gasteiger partial charge in [0.15, 0.2) is 5.78 Å². The quantitative estimate of drug-likeness (QED) is 0.623. The Labute approximate surface area is 212 Å². The molecule has 2 N–H and O–H groups in total. The summed E-state index contributed by atoms with van der Waals surface area (Å²) in [5.41, 5.74) is 1.69. The summed E-state index contributed by atoms with van der Waals surface area (Å²) in [6.07, 6.45) is 2.73. The Morgan fingerprint density at radius 2 is 1.83 bits per heavy atom. The minimum absolute atomic E-state index is 0.0303. The molecule has 2 aromatic carbocycles. The van der Waals surface area contributed by atoms with Crippen LogP contribution in [-0.4, -0.2) is 35.6 Å². The number of Topliss-reactive ketones (excluding diaryl/α,β-unsaturated/α-hetero) is 1. The van der Waals surface area contributed by atoms with Crippen molar-refractivity contribution in [1.29, 1.82) is 0 Å². The average Bonchev–Trinajstić information content (AvgIpc) is 3.18. The number of aromatic hydroxyl groups is 1. The third-order valence-corrected chi connectivity index (χ3v) is 10.3. The standard InChI is InChI=1S/C30H35NO5/c1-16-10-13-22-28(2,3)26(33)21(35-5)15-30(22)29(16,4)14-17-11-12-19-23(25(17)36-30)24(31-27(19)34)18-8-6-7-9-20(18)32/h6-9,11-12,16,21-22,24,32H,10,13-15H2,1-5H3,(H,31,34)/t16-,21?,22-,24?,29+,30-/m0/s1. The number of fused-ring (bicyclic) bond motifs is 3. The maximum Gasteiger partial charge on any atom is 0.252 e. The predicted molar refractivity (Wildman–Crippen MR) is 135 cm³/mol. The second kappa shape index (κ2) is 7.58. The maximum atomic E-state index is 13.5. The number of methoxy groups -OCH3 is 1. The summed E-state index contributed by atoms with van der Waals surface area (Å²) in [4.78, 5) is 26.5. The highest BCUT2D eigenvalue weighted by Crippen LogP contribution is 2.66. The van der Waals surface area contributed by atoms with E-state index in [1.807, 2.05) is 38.1 Å². The van der Waals surface area contributed by atoms with E-state index in [1.165, 1.54) is 0 Å². The monoisotopic (exact) mass is 489 g/mol. The zero-order chi connectivity index (χ0) is 25.6. The molecule has 36 heavy (non-hydrogen) atoms. The van der Waals surface area contributed by atoms with Gasteiger partial charge in [-0.3, -0.25) is 9.59 Å². The van der Waals surface area contributed by atoms with Crippen molar-refractivity contribution in [3.63, 3.8) is 0 Å². The fraction of sp³-hybridized carbons (Fsp3) is 0.533. The average molecular weight is 490 g/mol. The van der Waals surface area contributed by atoms with E-state index in [0.717, 1.165) is 36.1 Å². The van der Waals surface area contributed by atoms with E-state index in [-0.39, 0.29) is 28.8 Å². The summed E-state index contributed by atoms with van der Waals surface area (Å²) in [7, 11) is 1.62. The van der Waals surface area contributed by atoms with Crippen LogP contribution in [0.2, 0.25) is 0 Å². The van der Waals surface area contributed by atoms with Gasteiger partial charge in [0, 0.05) is 47.0 Å². The zero-order valence-corrected chi connectivity index (χ0v) is 21.7. The lowest BCUT2D eigenvalue weighted by Crippen LogP contribution is -2.72. The van der Waals surface area contributed by atoms with Gasteiger partial charge in [-0.25, -0.2) is 0 Å².